The number of fused-ring (bicyclic) bond motifs is 1. The Morgan fingerprint density at radius 3 is 2.92 bits per heavy atom. The lowest BCUT2D eigenvalue weighted by Gasteiger charge is -2.22. The molecule has 2 atom stereocenters. The molecule has 0 amide bonds. The van der Waals surface area contributed by atoms with E-state index in [1.54, 1.807) is 6.07 Å². The standard InChI is InChI=1S/C16H16F3N3O.ClH/c17-16(18,19)11-4-1-3-10(7-11)13-21-14(23-22-13)15-6-2-5-12(15)8-20-9-15;/h1,3-4,7,12,20H,2,5-6,8-9H2;1H/t12-,15-;/m1./s1. The van der Waals surface area contributed by atoms with E-state index in [9.17, 15) is 13.2 Å². The van der Waals surface area contributed by atoms with Crippen molar-refractivity contribution >= 4 is 12.4 Å². The highest BCUT2D eigenvalue weighted by atomic mass is 35.5. The Labute approximate surface area is 143 Å². The Morgan fingerprint density at radius 1 is 1.29 bits per heavy atom. The van der Waals surface area contributed by atoms with Gasteiger partial charge in [-0.15, -0.1) is 12.4 Å². The lowest BCUT2D eigenvalue weighted by molar-refractivity contribution is -0.137. The van der Waals surface area contributed by atoms with Gasteiger partial charge in [-0.1, -0.05) is 23.7 Å². The van der Waals surface area contributed by atoms with E-state index in [1.165, 1.54) is 6.07 Å². The molecule has 0 bridgehead atoms. The first-order chi connectivity index (χ1) is 11.0. The second kappa shape index (κ2) is 6.04. The highest BCUT2D eigenvalue weighted by Gasteiger charge is 2.51. The molecule has 4 nitrogen and oxygen atoms in total. The van der Waals surface area contributed by atoms with Crippen LogP contribution in [0, 0.1) is 5.92 Å². The van der Waals surface area contributed by atoms with E-state index in [0.717, 1.165) is 44.5 Å². The van der Waals surface area contributed by atoms with Gasteiger partial charge in [-0.3, -0.25) is 0 Å². The lowest BCUT2D eigenvalue weighted by atomic mass is 9.80. The van der Waals surface area contributed by atoms with E-state index in [0.29, 0.717) is 17.4 Å². The third-order valence-corrected chi connectivity index (χ3v) is 5.09. The van der Waals surface area contributed by atoms with Gasteiger partial charge < -0.3 is 9.84 Å². The molecule has 0 unspecified atom stereocenters. The van der Waals surface area contributed by atoms with Gasteiger partial charge in [-0.25, -0.2) is 0 Å². The number of nitrogens with one attached hydrogen (secondary N) is 1. The molecular formula is C16H17ClF3N3O. The summed E-state index contributed by atoms with van der Waals surface area (Å²) in [6.07, 6.45) is -1.16. The van der Waals surface area contributed by atoms with Crippen LogP contribution in [0.1, 0.15) is 30.7 Å². The van der Waals surface area contributed by atoms with Crippen LogP contribution in [0.5, 0.6) is 0 Å². The van der Waals surface area contributed by atoms with Crippen molar-refractivity contribution in [3.63, 3.8) is 0 Å². The van der Waals surface area contributed by atoms with Crippen LogP contribution < -0.4 is 5.32 Å². The molecule has 0 spiro atoms. The number of alkyl halides is 3. The maximum atomic E-state index is 12.8. The Kier molecular flexibility index (Phi) is 4.34. The van der Waals surface area contributed by atoms with Crippen LogP contribution in [0.4, 0.5) is 13.2 Å². The molecular weight excluding hydrogens is 343 g/mol. The van der Waals surface area contributed by atoms with Crippen molar-refractivity contribution in [1.29, 1.82) is 0 Å². The van der Waals surface area contributed by atoms with Crippen molar-refractivity contribution in [3.8, 4) is 11.4 Å². The molecule has 2 fully saturated rings. The van der Waals surface area contributed by atoms with E-state index >= 15 is 0 Å². The van der Waals surface area contributed by atoms with E-state index in [2.05, 4.69) is 15.5 Å². The number of nitrogens with zero attached hydrogens (tertiary/aromatic N) is 2. The summed E-state index contributed by atoms with van der Waals surface area (Å²) in [4.78, 5) is 4.43. The van der Waals surface area contributed by atoms with Crippen LogP contribution in [0.25, 0.3) is 11.4 Å². The highest BCUT2D eigenvalue weighted by Crippen LogP contribution is 2.47. The first kappa shape index (κ1) is 17.2. The molecule has 130 valence electrons. The van der Waals surface area contributed by atoms with Crippen LogP contribution >= 0.6 is 12.4 Å². The van der Waals surface area contributed by atoms with Crippen molar-refractivity contribution in [2.45, 2.75) is 30.9 Å². The Bertz CT molecular complexity index is 721. The van der Waals surface area contributed by atoms with Crippen LogP contribution in [-0.4, -0.2) is 23.2 Å². The summed E-state index contributed by atoms with van der Waals surface area (Å²) in [6, 6.07) is 5.03. The zero-order valence-electron chi connectivity index (χ0n) is 12.8. The molecule has 4 rings (SSSR count). The van der Waals surface area contributed by atoms with Crippen LogP contribution in [0.15, 0.2) is 28.8 Å². The molecule has 8 heteroatoms. The van der Waals surface area contributed by atoms with Gasteiger partial charge in [-0.05, 0) is 37.4 Å². The molecule has 1 aliphatic carbocycles. The van der Waals surface area contributed by atoms with E-state index < -0.39 is 11.7 Å². The summed E-state index contributed by atoms with van der Waals surface area (Å²) in [5.41, 5.74) is -0.528. The van der Waals surface area contributed by atoms with Crippen molar-refractivity contribution in [3.05, 3.63) is 35.7 Å². The SMILES string of the molecule is Cl.FC(F)(F)c1cccc(-c2noc([C@@]34CCC[C@@H]3CNC4)n2)c1. The Morgan fingerprint density at radius 2 is 2.12 bits per heavy atom. The predicted molar refractivity (Wildman–Crippen MR) is 83.9 cm³/mol. The van der Waals surface area contributed by atoms with Crippen molar-refractivity contribution in [2.75, 3.05) is 13.1 Å². The predicted octanol–water partition coefficient (Wildman–Crippen LogP) is 3.82. The average Bonchev–Trinajstić information content (AvgIpc) is 3.21. The lowest BCUT2D eigenvalue weighted by Crippen LogP contribution is -2.31. The summed E-state index contributed by atoms with van der Waals surface area (Å²) in [7, 11) is 0. The minimum Gasteiger partial charge on any atom is -0.338 e. The van der Waals surface area contributed by atoms with E-state index in [4.69, 9.17) is 4.52 Å². The van der Waals surface area contributed by atoms with E-state index in [1.807, 2.05) is 0 Å². The summed E-state index contributed by atoms with van der Waals surface area (Å²) in [5, 5.41) is 7.29. The Balaban J connectivity index is 0.00000169. The molecule has 24 heavy (non-hydrogen) atoms. The number of hydrogen-bond acceptors (Lipinski definition) is 4. The number of hydrogen-bond donors (Lipinski definition) is 1. The molecule has 1 saturated heterocycles. The molecule has 0 radical (unpaired) electrons. The van der Waals surface area contributed by atoms with Gasteiger partial charge in [0.15, 0.2) is 0 Å². The normalized spacial score (nSPS) is 26.2. The zero-order valence-corrected chi connectivity index (χ0v) is 13.6. The summed E-state index contributed by atoms with van der Waals surface area (Å²) >= 11 is 0. The number of aromatic nitrogens is 2. The third-order valence-electron chi connectivity index (χ3n) is 5.09. The van der Waals surface area contributed by atoms with Gasteiger partial charge in [0.05, 0.1) is 11.0 Å². The van der Waals surface area contributed by atoms with Crippen molar-refractivity contribution in [2.24, 2.45) is 5.92 Å². The molecule has 1 saturated carbocycles. The van der Waals surface area contributed by atoms with Gasteiger partial charge in [0.1, 0.15) is 0 Å². The summed E-state index contributed by atoms with van der Waals surface area (Å²) < 4.78 is 44.0. The second-order valence-electron chi connectivity index (χ2n) is 6.38. The third kappa shape index (κ3) is 2.69. The summed E-state index contributed by atoms with van der Waals surface area (Å²) in [5.74, 6) is 1.24. The zero-order chi connectivity index (χ0) is 16.1. The van der Waals surface area contributed by atoms with Crippen molar-refractivity contribution < 1.29 is 17.7 Å². The first-order valence-electron chi connectivity index (χ1n) is 7.72. The van der Waals surface area contributed by atoms with Gasteiger partial charge in [0.2, 0.25) is 11.7 Å². The smallest absolute Gasteiger partial charge is 0.338 e. The molecule has 1 aromatic heterocycles. The molecule has 2 heterocycles. The van der Waals surface area contributed by atoms with E-state index in [-0.39, 0.29) is 23.6 Å². The molecule has 1 N–H and O–H groups in total. The molecule has 1 aliphatic heterocycles. The first-order valence-corrected chi connectivity index (χ1v) is 7.72. The molecule has 2 aliphatic rings. The van der Waals surface area contributed by atoms with Gasteiger partial charge in [0.25, 0.3) is 0 Å². The van der Waals surface area contributed by atoms with Crippen LogP contribution in [0.2, 0.25) is 0 Å². The number of benzene rings is 1. The fourth-order valence-electron chi connectivity index (χ4n) is 3.88. The number of rotatable bonds is 2. The molecule has 2 aromatic rings. The van der Waals surface area contributed by atoms with Gasteiger partial charge >= 0.3 is 6.18 Å². The fraction of sp³-hybridized carbons (Fsp3) is 0.500. The monoisotopic (exact) mass is 359 g/mol. The second-order valence-corrected chi connectivity index (χ2v) is 6.38. The van der Waals surface area contributed by atoms with Gasteiger partial charge in [-0.2, -0.15) is 18.2 Å². The number of halogens is 4. The largest absolute Gasteiger partial charge is 0.416 e. The minimum atomic E-state index is -4.38. The molecule has 1 aromatic carbocycles. The maximum Gasteiger partial charge on any atom is 0.416 e. The van der Waals surface area contributed by atoms with Crippen LogP contribution in [0.3, 0.4) is 0 Å². The topological polar surface area (TPSA) is 51.0 Å². The van der Waals surface area contributed by atoms with Crippen LogP contribution in [-0.2, 0) is 11.6 Å². The summed E-state index contributed by atoms with van der Waals surface area (Å²) in [6.45, 7) is 1.73. The quantitative estimate of drug-likeness (QED) is 0.885. The maximum absolute atomic E-state index is 12.8. The Hall–Kier alpha value is -1.60. The average molecular weight is 360 g/mol. The van der Waals surface area contributed by atoms with Gasteiger partial charge in [0, 0.05) is 12.1 Å². The minimum absolute atomic E-state index is 0. The fourth-order valence-corrected chi connectivity index (χ4v) is 3.88. The highest BCUT2D eigenvalue weighted by molar-refractivity contribution is 5.85. The van der Waals surface area contributed by atoms with Crippen molar-refractivity contribution in [1.82, 2.24) is 15.5 Å².